The monoisotopic (exact) mass is 290 g/mol. The fourth-order valence-corrected chi connectivity index (χ4v) is 1.28. The maximum absolute atomic E-state index is 12.6. The van der Waals surface area contributed by atoms with Crippen molar-refractivity contribution < 1.29 is 17.6 Å². The summed E-state index contributed by atoms with van der Waals surface area (Å²) in [6.07, 6.45) is -2.85. The van der Waals surface area contributed by atoms with E-state index in [0.717, 1.165) is 0 Å². The van der Waals surface area contributed by atoms with Crippen molar-refractivity contribution in [2.24, 2.45) is 0 Å². The van der Waals surface area contributed by atoms with Crippen molar-refractivity contribution in [1.29, 1.82) is 0 Å². The van der Waals surface area contributed by atoms with Crippen molar-refractivity contribution in [2.75, 3.05) is 0 Å². The Morgan fingerprint density at radius 1 is 1.17 bits per heavy atom. The van der Waals surface area contributed by atoms with Gasteiger partial charge in [-0.1, -0.05) is 0 Å². The van der Waals surface area contributed by atoms with Gasteiger partial charge in [-0.25, -0.2) is 17.6 Å². The molecule has 0 atom stereocenters. The van der Waals surface area contributed by atoms with Gasteiger partial charge in [-0.3, -0.25) is 0 Å². The van der Waals surface area contributed by atoms with Crippen LogP contribution in [0.2, 0.25) is 0 Å². The molecule has 5 heteroatoms. The first kappa shape index (κ1) is 9.76. The fraction of sp³-hybridized carbons (Fsp3) is 0.143. The third-order valence-corrected chi connectivity index (χ3v) is 2.39. The highest BCUT2D eigenvalue weighted by molar-refractivity contribution is 14.1. The highest BCUT2D eigenvalue weighted by atomic mass is 127. The van der Waals surface area contributed by atoms with Gasteiger partial charge in [0, 0.05) is 11.6 Å². The molecule has 0 saturated heterocycles. The summed E-state index contributed by atoms with van der Waals surface area (Å²) in [5, 5.41) is 0. The Balaban J connectivity index is 3.28. The van der Waals surface area contributed by atoms with E-state index in [1.165, 1.54) is 22.6 Å². The molecule has 0 aliphatic heterocycles. The molecule has 0 aliphatic carbocycles. The minimum absolute atomic E-state index is 0.232. The minimum Gasteiger partial charge on any atom is -0.207 e. The Morgan fingerprint density at radius 3 is 2.25 bits per heavy atom. The Kier molecular flexibility index (Phi) is 2.92. The van der Waals surface area contributed by atoms with Gasteiger partial charge in [0.2, 0.25) is 0 Å². The van der Waals surface area contributed by atoms with Crippen molar-refractivity contribution in [3.63, 3.8) is 0 Å². The first-order chi connectivity index (χ1) is 5.52. The van der Waals surface area contributed by atoms with Crippen molar-refractivity contribution in [2.45, 2.75) is 6.43 Å². The number of alkyl halides is 2. The topological polar surface area (TPSA) is 0 Å². The van der Waals surface area contributed by atoms with Crippen LogP contribution in [0, 0.1) is 15.2 Å². The van der Waals surface area contributed by atoms with E-state index in [9.17, 15) is 17.6 Å². The molecule has 0 spiro atoms. The molecule has 1 rings (SSSR count). The zero-order chi connectivity index (χ0) is 9.30. The molecule has 0 fully saturated rings. The molecular formula is C7H3F4I. The molecule has 0 amide bonds. The molecule has 0 saturated carbocycles. The van der Waals surface area contributed by atoms with Crippen LogP contribution in [0.3, 0.4) is 0 Å². The molecule has 0 aliphatic rings. The highest BCUT2D eigenvalue weighted by Crippen LogP contribution is 2.27. The Morgan fingerprint density at radius 2 is 1.75 bits per heavy atom. The molecule has 0 aromatic heterocycles. The van der Waals surface area contributed by atoms with Gasteiger partial charge < -0.3 is 0 Å². The van der Waals surface area contributed by atoms with Gasteiger partial charge >= 0.3 is 0 Å². The third kappa shape index (κ3) is 1.88. The lowest BCUT2D eigenvalue weighted by atomic mass is 10.2. The molecule has 0 radical (unpaired) electrons. The second kappa shape index (κ2) is 3.59. The maximum Gasteiger partial charge on any atom is 0.265 e. The van der Waals surface area contributed by atoms with Gasteiger partial charge in [-0.05, 0) is 28.7 Å². The number of benzene rings is 1. The van der Waals surface area contributed by atoms with Crippen LogP contribution < -0.4 is 0 Å². The lowest BCUT2D eigenvalue weighted by Gasteiger charge is -2.03. The van der Waals surface area contributed by atoms with E-state index < -0.39 is 23.6 Å². The summed E-state index contributed by atoms with van der Waals surface area (Å²) in [5.41, 5.74) is -0.604. The van der Waals surface area contributed by atoms with E-state index in [1.807, 2.05) is 0 Å². The summed E-state index contributed by atoms with van der Waals surface area (Å²) in [6.45, 7) is 0. The lowest BCUT2D eigenvalue weighted by molar-refractivity contribution is 0.149. The fourth-order valence-electron chi connectivity index (χ4n) is 0.735. The Bertz CT molecular complexity index is 298. The minimum atomic E-state index is -2.85. The molecule has 0 bridgehead atoms. The molecule has 66 valence electrons. The summed E-state index contributed by atoms with van der Waals surface area (Å²) >= 11 is 1.42. The summed E-state index contributed by atoms with van der Waals surface area (Å²) in [7, 11) is 0. The van der Waals surface area contributed by atoms with Crippen molar-refractivity contribution in [3.05, 3.63) is 32.9 Å². The van der Waals surface area contributed by atoms with Gasteiger partial charge in [0.25, 0.3) is 6.43 Å². The smallest absolute Gasteiger partial charge is 0.207 e. The second-order valence-corrected chi connectivity index (χ2v) is 3.17. The second-order valence-electron chi connectivity index (χ2n) is 2.09. The maximum atomic E-state index is 12.6. The average molecular weight is 290 g/mol. The molecule has 0 unspecified atom stereocenters. The Hall–Kier alpha value is -0.330. The zero-order valence-corrected chi connectivity index (χ0v) is 7.78. The number of hydrogen-bond donors (Lipinski definition) is 0. The van der Waals surface area contributed by atoms with Gasteiger partial charge in [0.1, 0.15) is 11.6 Å². The van der Waals surface area contributed by atoms with Crippen molar-refractivity contribution in [1.82, 2.24) is 0 Å². The predicted octanol–water partition coefficient (Wildman–Crippen LogP) is 3.51. The van der Waals surface area contributed by atoms with E-state index in [1.54, 1.807) is 0 Å². The third-order valence-electron chi connectivity index (χ3n) is 1.26. The molecule has 0 heterocycles. The van der Waals surface area contributed by atoms with E-state index >= 15 is 0 Å². The number of hydrogen-bond acceptors (Lipinski definition) is 0. The van der Waals surface area contributed by atoms with Crippen LogP contribution in [0.1, 0.15) is 12.0 Å². The molecule has 1 aromatic rings. The van der Waals surface area contributed by atoms with Crippen molar-refractivity contribution in [3.8, 4) is 0 Å². The van der Waals surface area contributed by atoms with Crippen LogP contribution >= 0.6 is 22.6 Å². The van der Waals surface area contributed by atoms with Gasteiger partial charge in [-0.2, -0.15) is 0 Å². The van der Waals surface area contributed by atoms with E-state index in [4.69, 9.17) is 0 Å². The van der Waals surface area contributed by atoms with Crippen LogP contribution in [0.15, 0.2) is 12.1 Å². The normalized spacial score (nSPS) is 10.8. The summed E-state index contributed by atoms with van der Waals surface area (Å²) in [6, 6.07) is 1.21. The highest BCUT2D eigenvalue weighted by Gasteiger charge is 2.16. The first-order valence-electron chi connectivity index (χ1n) is 2.95. The summed E-state index contributed by atoms with van der Waals surface area (Å²) in [5.74, 6) is -1.94. The van der Waals surface area contributed by atoms with Crippen LogP contribution in [-0.2, 0) is 0 Å². The molecule has 1 aromatic carbocycles. The van der Waals surface area contributed by atoms with Crippen molar-refractivity contribution >= 4 is 22.6 Å². The standard InChI is InChI=1S/C7H3F4I/c8-3-1-4(7(10)11)6(12)5(9)2-3/h1-2,7H. The lowest BCUT2D eigenvalue weighted by Crippen LogP contribution is -1.95. The van der Waals surface area contributed by atoms with E-state index in [-0.39, 0.29) is 3.57 Å². The summed E-state index contributed by atoms with van der Waals surface area (Å²) in [4.78, 5) is 0. The van der Waals surface area contributed by atoms with E-state index in [2.05, 4.69) is 0 Å². The molecule has 0 N–H and O–H groups in total. The zero-order valence-electron chi connectivity index (χ0n) is 5.62. The molecule has 12 heavy (non-hydrogen) atoms. The Labute approximate surface area is 79.7 Å². The number of halogens is 5. The van der Waals surface area contributed by atoms with Gasteiger partial charge in [0.05, 0.1) is 3.57 Å². The van der Waals surface area contributed by atoms with Crippen LogP contribution in [0.25, 0.3) is 0 Å². The summed E-state index contributed by atoms with van der Waals surface area (Å²) < 4.78 is 48.9. The largest absolute Gasteiger partial charge is 0.265 e. The quantitative estimate of drug-likeness (QED) is 0.422. The molecule has 0 nitrogen and oxygen atoms in total. The van der Waals surface area contributed by atoms with Gasteiger partial charge in [0.15, 0.2) is 0 Å². The number of rotatable bonds is 1. The average Bonchev–Trinajstić information content (AvgIpc) is 1.96. The first-order valence-corrected chi connectivity index (χ1v) is 4.03. The molecular weight excluding hydrogens is 287 g/mol. The predicted molar refractivity (Wildman–Crippen MR) is 44.0 cm³/mol. The van der Waals surface area contributed by atoms with Crippen LogP contribution in [-0.4, -0.2) is 0 Å². The van der Waals surface area contributed by atoms with Crippen LogP contribution in [0.5, 0.6) is 0 Å². The van der Waals surface area contributed by atoms with Crippen LogP contribution in [0.4, 0.5) is 17.6 Å². The van der Waals surface area contributed by atoms with Gasteiger partial charge in [-0.15, -0.1) is 0 Å². The van der Waals surface area contributed by atoms with E-state index in [0.29, 0.717) is 12.1 Å². The SMILES string of the molecule is Fc1cc(F)c(I)c(C(F)F)c1.